The van der Waals surface area contributed by atoms with Gasteiger partial charge in [-0.1, -0.05) is 53.5 Å². The summed E-state index contributed by atoms with van der Waals surface area (Å²) in [5, 5.41) is 12.6. The molecule has 0 aromatic heterocycles. The summed E-state index contributed by atoms with van der Waals surface area (Å²) in [6.07, 6.45) is -5.11. The maximum atomic E-state index is 13.4. The Hall–Kier alpha value is -3.03. The molecule has 0 unspecified atom stereocenters. The predicted octanol–water partition coefficient (Wildman–Crippen LogP) is 6.24. The Morgan fingerprint density at radius 3 is 2.31 bits per heavy atom. The fraction of sp³-hybridized carbons (Fsp3) is 0.130. The number of carboxylic acids is 1. The number of hydrogen-bond donors (Lipinski definition) is 2. The third-order valence-electron chi connectivity index (χ3n) is 4.67. The first-order chi connectivity index (χ1) is 15.1. The Kier molecular flexibility index (Phi) is 7.11. The zero-order chi connectivity index (χ0) is 23.5. The predicted molar refractivity (Wildman–Crippen MR) is 116 cm³/mol. The van der Waals surface area contributed by atoms with Gasteiger partial charge in [0.1, 0.15) is 0 Å². The van der Waals surface area contributed by atoms with E-state index in [-0.39, 0.29) is 28.8 Å². The number of hydrogen-bond acceptors (Lipinski definition) is 2. The number of carbonyl (C=O) groups is 2. The second kappa shape index (κ2) is 9.63. The maximum Gasteiger partial charge on any atom is 0.417 e. The maximum absolute atomic E-state index is 13.4. The number of carbonyl (C=O) groups excluding carboxylic acids is 1. The van der Waals surface area contributed by atoms with Gasteiger partial charge in [0.2, 0.25) is 0 Å². The van der Waals surface area contributed by atoms with Crippen LogP contribution >= 0.6 is 23.2 Å². The Morgan fingerprint density at radius 1 is 0.938 bits per heavy atom. The van der Waals surface area contributed by atoms with E-state index < -0.39 is 30.0 Å². The lowest BCUT2D eigenvalue weighted by Gasteiger charge is -2.15. The van der Waals surface area contributed by atoms with Crippen molar-refractivity contribution in [1.29, 1.82) is 0 Å². The molecule has 0 aliphatic heterocycles. The van der Waals surface area contributed by atoms with Crippen LogP contribution in [-0.4, -0.2) is 17.0 Å². The van der Waals surface area contributed by atoms with Crippen LogP contribution in [0.25, 0.3) is 11.1 Å². The first-order valence-corrected chi connectivity index (χ1v) is 10.1. The summed E-state index contributed by atoms with van der Waals surface area (Å²) in [6.45, 7) is 0.0981. The number of benzene rings is 3. The highest BCUT2D eigenvalue weighted by atomic mass is 35.5. The molecule has 1 amide bonds. The van der Waals surface area contributed by atoms with Crippen LogP contribution in [0, 0.1) is 0 Å². The van der Waals surface area contributed by atoms with Crippen molar-refractivity contribution in [2.24, 2.45) is 0 Å². The highest BCUT2D eigenvalue weighted by molar-refractivity contribution is 6.42. The molecular weight excluding hydrogens is 466 g/mol. The van der Waals surface area contributed by atoms with Crippen molar-refractivity contribution in [3.63, 3.8) is 0 Å². The summed E-state index contributed by atoms with van der Waals surface area (Å²) in [6, 6.07) is 13.8. The van der Waals surface area contributed by atoms with E-state index in [4.69, 9.17) is 23.2 Å². The summed E-state index contributed by atoms with van der Waals surface area (Å²) in [5.41, 5.74) is 0.0327. The summed E-state index contributed by atoms with van der Waals surface area (Å²) in [7, 11) is 0. The molecular formula is C23H16Cl2F3NO3. The van der Waals surface area contributed by atoms with Gasteiger partial charge in [0.25, 0.3) is 5.91 Å². The highest BCUT2D eigenvalue weighted by Gasteiger charge is 2.33. The first-order valence-electron chi connectivity index (χ1n) is 9.29. The first kappa shape index (κ1) is 23.6. The zero-order valence-electron chi connectivity index (χ0n) is 16.3. The second-order valence-corrected chi connectivity index (χ2v) is 7.73. The molecule has 3 aromatic rings. The smallest absolute Gasteiger partial charge is 0.417 e. The van der Waals surface area contributed by atoms with E-state index in [1.54, 1.807) is 18.2 Å². The summed E-state index contributed by atoms with van der Waals surface area (Å²) in [4.78, 5) is 24.0. The van der Waals surface area contributed by atoms with Crippen molar-refractivity contribution < 1.29 is 27.9 Å². The minimum Gasteiger partial charge on any atom is -0.481 e. The van der Waals surface area contributed by atoms with Gasteiger partial charge in [-0.25, -0.2) is 0 Å². The molecule has 0 atom stereocenters. The van der Waals surface area contributed by atoms with Crippen molar-refractivity contribution in [1.82, 2.24) is 5.32 Å². The molecule has 0 bridgehead atoms. The van der Waals surface area contributed by atoms with E-state index in [0.29, 0.717) is 15.6 Å². The van der Waals surface area contributed by atoms with E-state index in [2.05, 4.69) is 5.32 Å². The molecule has 0 saturated carbocycles. The number of aliphatic carboxylic acids is 1. The van der Waals surface area contributed by atoms with Crippen LogP contribution in [0.15, 0.2) is 60.7 Å². The van der Waals surface area contributed by atoms with E-state index in [1.165, 1.54) is 36.4 Å². The lowest BCUT2D eigenvalue weighted by Crippen LogP contribution is -2.24. The average Bonchev–Trinajstić information content (AvgIpc) is 2.73. The van der Waals surface area contributed by atoms with Crippen LogP contribution < -0.4 is 5.32 Å². The number of nitrogens with one attached hydrogen (secondary N) is 1. The molecule has 3 rings (SSSR count). The molecule has 0 radical (unpaired) electrons. The van der Waals surface area contributed by atoms with Crippen LogP contribution in [0.2, 0.25) is 10.0 Å². The highest BCUT2D eigenvalue weighted by Crippen LogP contribution is 2.37. The van der Waals surface area contributed by atoms with Gasteiger partial charge in [-0.2, -0.15) is 13.2 Å². The van der Waals surface area contributed by atoms with Crippen LogP contribution in [0.4, 0.5) is 13.2 Å². The minimum atomic E-state index is -4.58. The lowest BCUT2D eigenvalue weighted by atomic mass is 9.94. The zero-order valence-corrected chi connectivity index (χ0v) is 17.9. The van der Waals surface area contributed by atoms with E-state index in [9.17, 15) is 27.9 Å². The topological polar surface area (TPSA) is 66.4 Å². The van der Waals surface area contributed by atoms with E-state index >= 15 is 0 Å². The SMILES string of the molecule is O=C(O)Cc1cc(-c2ccccc2C(F)(F)F)ccc1C(=O)NCc1ccc(Cl)c(Cl)c1. The summed E-state index contributed by atoms with van der Waals surface area (Å²) >= 11 is 11.8. The van der Waals surface area contributed by atoms with Gasteiger partial charge in [-0.3, -0.25) is 9.59 Å². The van der Waals surface area contributed by atoms with Gasteiger partial charge in [0, 0.05) is 12.1 Å². The molecule has 0 aliphatic rings. The average molecular weight is 482 g/mol. The Bertz CT molecular complexity index is 1180. The quantitative estimate of drug-likeness (QED) is 0.438. The van der Waals surface area contributed by atoms with Gasteiger partial charge >= 0.3 is 12.1 Å². The molecule has 9 heteroatoms. The number of amides is 1. The molecule has 3 aromatic carbocycles. The Labute approximate surface area is 191 Å². The van der Waals surface area contributed by atoms with Gasteiger partial charge in [-0.15, -0.1) is 0 Å². The monoisotopic (exact) mass is 481 g/mol. The molecule has 166 valence electrons. The van der Waals surface area contributed by atoms with Gasteiger partial charge < -0.3 is 10.4 Å². The molecule has 0 aliphatic carbocycles. The number of carboxylic acid groups (broad SMARTS) is 1. The molecule has 0 heterocycles. The fourth-order valence-corrected chi connectivity index (χ4v) is 3.52. The normalized spacial score (nSPS) is 11.3. The molecule has 0 fully saturated rings. The van der Waals surface area contributed by atoms with Gasteiger partial charge in [0.15, 0.2) is 0 Å². The van der Waals surface area contributed by atoms with Crippen molar-refractivity contribution >= 4 is 35.1 Å². The third kappa shape index (κ3) is 5.60. The molecule has 32 heavy (non-hydrogen) atoms. The van der Waals surface area contributed by atoms with Crippen molar-refractivity contribution in [2.75, 3.05) is 0 Å². The van der Waals surface area contributed by atoms with Crippen molar-refractivity contribution in [3.05, 3.63) is 93.0 Å². The van der Waals surface area contributed by atoms with Crippen LogP contribution in [-0.2, 0) is 23.9 Å². The molecule has 0 spiro atoms. The summed E-state index contributed by atoms with van der Waals surface area (Å²) in [5.74, 6) is -1.78. The van der Waals surface area contributed by atoms with Crippen molar-refractivity contribution in [3.8, 4) is 11.1 Å². The van der Waals surface area contributed by atoms with Gasteiger partial charge in [0.05, 0.1) is 22.0 Å². The largest absolute Gasteiger partial charge is 0.481 e. The third-order valence-corrected chi connectivity index (χ3v) is 5.41. The molecule has 0 saturated heterocycles. The Balaban J connectivity index is 1.93. The van der Waals surface area contributed by atoms with Crippen LogP contribution in [0.3, 0.4) is 0 Å². The second-order valence-electron chi connectivity index (χ2n) is 6.92. The minimum absolute atomic E-state index is 0.0562. The van der Waals surface area contributed by atoms with Gasteiger partial charge in [-0.05, 0) is 52.6 Å². The van der Waals surface area contributed by atoms with Crippen LogP contribution in [0.1, 0.15) is 27.0 Å². The molecule has 4 nitrogen and oxygen atoms in total. The number of alkyl halides is 3. The van der Waals surface area contributed by atoms with Crippen LogP contribution in [0.5, 0.6) is 0 Å². The number of rotatable bonds is 6. The molecule has 2 N–H and O–H groups in total. The fourth-order valence-electron chi connectivity index (χ4n) is 3.20. The standard InChI is InChI=1S/C23H16Cl2F3NO3/c24-19-8-5-13(9-20(19)25)12-29-22(32)17-7-6-14(10-15(17)11-21(30)31)16-3-1-2-4-18(16)23(26,27)28/h1-10H,11-12H2,(H,29,32)(H,30,31). The number of halogens is 5. The summed E-state index contributed by atoms with van der Waals surface area (Å²) < 4.78 is 40.2. The lowest BCUT2D eigenvalue weighted by molar-refractivity contribution is -0.137. The van der Waals surface area contributed by atoms with E-state index in [0.717, 1.165) is 6.07 Å². The van der Waals surface area contributed by atoms with Crippen molar-refractivity contribution in [2.45, 2.75) is 19.1 Å². The van der Waals surface area contributed by atoms with E-state index in [1.807, 2.05) is 0 Å². The Morgan fingerprint density at radius 2 is 1.66 bits per heavy atom.